The highest BCUT2D eigenvalue weighted by Gasteiger charge is 2.41. The second kappa shape index (κ2) is 12.0. The van der Waals surface area contributed by atoms with Gasteiger partial charge in [-0.3, -0.25) is 0 Å². The Kier molecular flexibility index (Phi) is 7.31. The fourth-order valence-electron chi connectivity index (χ4n) is 8.23. The van der Waals surface area contributed by atoms with Crippen molar-refractivity contribution in [1.29, 1.82) is 0 Å². The van der Waals surface area contributed by atoms with E-state index >= 15 is 0 Å². The minimum absolute atomic E-state index is 0.886. The molecule has 7 heteroatoms. The summed E-state index contributed by atoms with van der Waals surface area (Å²) in [5.41, 5.74) is 5.30. The minimum atomic E-state index is -2.09. The molecule has 53 heavy (non-hydrogen) atoms. The van der Waals surface area contributed by atoms with Gasteiger partial charge in [-0.15, -0.1) is 0 Å². The molecule has 4 nitrogen and oxygen atoms in total. The van der Waals surface area contributed by atoms with Crippen LogP contribution in [-0.2, 0) is 0 Å². The number of para-hydroxylation sites is 5. The van der Waals surface area contributed by atoms with Crippen LogP contribution in [0, 0.1) is 0 Å². The summed E-state index contributed by atoms with van der Waals surface area (Å²) in [6.45, 7) is 9.70. The van der Waals surface area contributed by atoms with Crippen molar-refractivity contribution in [1.82, 2.24) is 0 Å². The van der Waals surface area contributed by atoms with Crippen molar-refractivity contribution in [3.63, 3.8) is 0 Å². The number of anilines is 3. The standard InChI is InChI=1S/C46H37NO3SSi2/c1-52(2)40-22-9-6-18-36(40)49-44-33(15-12-24-42(44)52)47(34-16-13-25-43-45(34)50-37-19-7-10-23-41(37)53(43,3)4)31-28-26-30(27-29-31)32-14-11-20-38-46(32)51-39-21-8-5-17-35(39)48-38/h5-29H,1-4H3. The van der Waals surface area contributed by atoms with Crippen LogP contribution < -0.4 is 39.9 Å². The third-order valence-corrected chi connectivity index (χ3v) is 19.2. The molecule has 0 fully saturated rings. The van der Waals surface area contributed by atoms with E-state index in [0.717, 1.165) is 72.5 Å². The van der Waals surface area contributed by atoms with E-state index in [0.29, 0.717) is 0 Å². The Morgan fingerprint density at radius 2 is 0.925 bits per heavy atom. The van der Waals surface area contributed by atoms with Gasteiger partial charge in [0, 0.05) is 5.69 Å². The SMILES string of the molecule is C[Si]1(C)c2ccccc2Oc2c(N(c3ccc(-c4cccc5c4Sc4ccccc4O5)cc3)c3cccc4c3Oc3ccccc3[Si]4(C)C)cccc21. The molecule has 3 heterocycles. The number of ether oxygens (including phenoxy) is 3. The Balaban J connectivity index is 1.15. The average molecular weight is 740 g/mol. The average Bonchev–Trinajstić information content (AvgIpc) is 3.18. The first-order valence-electron chi connectivity index (χ1n) is 18.1. The van der Waals surface area contributed by atoms with Crippen molar-refractivity contribution >= 4 is 65.7 Å². The summed E-state index contributed by atoms with van der Waals surface area (Å²) in [6.07, 6.45) is 0. The molecule has 0 aliphatic carbocycles. The molecule has 0 spiro atoms. The summed E-state index contributed by atoms with van der Waals surface area (Å²) < 4.78 is 20.2. The van der Waals surface area contributed by atoms with Crippen LogP contribution >= 0.6 is 11.8 Å². The van der Waals surface area contributed by atoms with Gasteiger partial charge in [0.25, 0.3) is 0 Å². The van der Waals surface area contributed by atoms with E-state index in [4.69, 9.17) is 14.2 Å². The molecule has 0 saturated carbocycles. The molecule has 0 unspecified atom stereocenters. The van der Waals surface area contributed by atoms with Crippen LogP contribution in [0.2, 0.25) is 26.2 Å². The lowest BCUT2D eigenvalue weighted by atomic mass is 10.0. The lowest BCUT2D eigenvalue weighted by molar-refractivity contribution is 0.455. The summed E-state index contributed by atoms with van der Waals surface area (Å²) >= 11 is 1.77. The normalized spacial score (nSPS) is 15.1. The Morgan fingerprint density at radius 3 is 1.53 bits per heavy atom. The van der Waals surface area contributed by atoms with E-state index < -0.39 is 16.1 Å². The zero-order chi connectivity index (χ0) is 35.9. The smallest absolute Gasteiger partial charge is 0.151 e. The van der Waals surface area contributed by atoms with Crippen LogP contribution in [0.4, 0.5) is 17.1 Å². The third kappa shape index (κ3) is 5.02. The monoisotopic (exact) mass is 739 g/mol. The van der Waals surface area contributed by atoms with Crippen LogP contribution in [0.3, 0.4) is 0 Å². The van der Waals surface area contributed by atoms with Crippen LogP contribution in [-0.4, -0.2) is 16.1 Å². The van der Waals surface area contributed by atoms with E-state index in [9.17, 15) is 0 Å². The van der Waals surface area contributed by atoms with Crippen LogP contribution in [0.25, 0.3) is 11.1 Å². The summed E-state index contributed by atoms with van der Waals surface area (Å²) in [5.74, 6) is 5.52. The first kappa shape index (κ1) is 32.2. The van der Waals surface area contributed by atoms with E-state index in [1.807, 2.05) is 12.1 Å². The van der Waals surface area contributed by atoms with Crippen molar-refractivity contribution in [3.05, 3.63) is 152 Å². The molecule has 7 aromatic rings. The number of hydrogen-bond donors (Lipinski definition) is 0. The Morgan fingerprint density at radius 1 is 0.434 bits per heavy atom. The fraction of sp³-hybridized carbons (Fsp3) is 0.0870. The maximum Gasteiger partial charge on any atom is 0.151 e. The predicted molar refractivity (Wildman–Crippen MR) is 224 cm³/mol. The molecule has 10 rings (SSSR count). The zero-order valence-corrected chi connectivity index (χ0v) is 32.8. The number of fused-ring (bicyclic) bond motifs is 6. The largest absolute Gasteiger partial charge is 0.455 e. The number of benzene rings is 7. The molecular weight excluding hydrogens is 703 g/mol. The van der Waals surface area contributed by atoms with Gasteiger partial charge in [-0.25, -0.2) is 0 Å². The van der Waals surface area contributed by atoms with Crippen LogP contribution in [0.1, 0.15) is 0 Å². The molecule has 3 aliphatic heterocycles. The number of hydrogen-bond acceptors (Lipinski definition) is 5. The number of rotatable bonds is 4. The van der Waals surface area contributed by atoms with Gasteiger partial charge in [0.05, 0.1) is 21.2 Å². The molecular formula is C46H37NO3SSi2. The van der Waals surface area contributed by atoms with Crippen molar-refractivity contribution in [2.75, 3.05) is 4.90 Å². The Hall–Kier alpha value is -5.48. The second-order valence-electron chi connectivity index (χ2n) is 14.9. The van der Waals surface area contributed by atoms with Gasteiger partial charge in [-0.1, -0.05) is 135 Å². The molecule has 0 aromatic heterocycles. The zero-order valence-electron chi connectivity index (χ0n) is 30.0. The van der Waals surface area contributed by atoms with Crippen LogP contribution in [0.5, 0.6) is 34.5 Å². The molecule has 0 amide bonds. The summed E-state index contributed by atoms with van der Waals surface area (Å²) in [4.78, 5) is 4.61. The Bertz CT molecular complexity index is 2490. The molecule has 0 atom stereocenters. The van der Waals surface area contributed by atoms with Gasteiger partial charge >= 0.3 is 0 Å². The quantitative estimate of drug-likeness (QED) is 0.168. The summed E-state index contributed by atoms with van der Waals surface area (Å²) in [7, 11) is -4.19. The van der Waals surface area contributed by atoms with E-state index in [2.05, 4.69) is 171 Å². The first-order valence-corrected chi connectivity index (χ1v) is 24.9. The van der Waals surface area contributed by atoms with Gasteiger partial charge < -0.3 is 19.1 Å². The third-order valence-electron chi connectivity index (χ3n) is 11.1. The van der Waals surface area contributed by atoms with E-state index in [1.54, 1.807) is 11.8 Å². The molecule has 0 radical (unpaired) electrons. The minimum Gasteiger partial charge on any atom is -0.455 e. The van der Waals surface area contributed by atoms with Gasteiger partial charge in [-0.05, 0) is 86.5 Å². The molecule has 0 bridgehead atoms. The highest BCUT2D eigenvalue weighted by Crippen LogP contribution is 2.52. The topological polar surface area (TPSA) is 30.9 Å². The van der Waals surface area contributed by atoms with E-state index in [1.165, 1.54) is 20.7 Å². The van der Waals surface area contributed by atoms with E-state index in [-0.39, 0.29) is 0 Å². The van der Waals surface area contributed by atoms with Crippen molar-refractivity contribution in [3.8, 4) is 45.6 Å². The fourth-order valence-corrected chi connectivity index (χ4v) is 14.9. The first-order chi connectivity index (χ1) is 25.8. The predicted octanol–water partition coefficient (Wildman–Crippen LogP) is 10.9. The second-order valence-corrected chi connectivity index (χ2v) is 24.6. The van der Waals surface area contributed by atoms with Gasteiger partial charge in [0.1, 0.15) is 39.1 Å². The van der Waals surface area contributed by atoms with Gasteiger partial charge in [0.15, 0.2) is 11.5 Å². The molecule has 7 aromatic carbocycles. The lowest BCUT2D eigenvalue weighted by Gasteiger charge is -2.38. The van der Waals surface area contributed by atoms with Gasteiger partial charge in [-0.2, -0.15) is 0 Å². The summed E-state index contributed by atoms with van der Waals surface area (Å²) in [5, 5.41) is 5.21. The Labute approximate surface area is 316 Å². The summed E-state index contributed by atoms with van der Waals surface area (Å²) in [6, 6.07) is 53.9. The van der Waals surface area contributed by atoms with Crippen LogP contribution in [0.15, 0.2) is 161 Å². The lowest BCUT2D eigenvalue weighted by Crippen LogP contribution is -2.56. The molecule has 3 aliphatic rings. The number of nitrogens with zero attached hydrogens (tertiary/aromatic N) is 1. The molecule has 258 valence electrons. The molecule has 0 saturated heterocycles. The maximum absolute atomic E-state index is 6.94. The highest BCUT2D eigenvalue weighted by atomic mass is 32.2. The van der Waals surface area contributed by atoms with Crippen molar-refractivity contribution in [2.24, 2.45) is 0 Å². The highest BCUT2D eigenvalue weighted by molar-refractivity contribution is 7.99. The maximum atomic E-state index is 6.94. The van der Waals surface area contributed by atoms with Gasteiger partial charge in [0.2, 0.25) is 0 Å². The van der Waals surface area contributed by atoms with Crippen molar-refractivity contribution < 1.29 is 14.2 Å². The molecule has 0 N–H and O–H groups in total. The van der Waals surface area contributed by atoms with Crippen molar-refractivity contribution in [2.45, 2.75) is 36.0 Å².